The smallest absolute Gasteiger partial charge is 0.255 e. The number of H-pyrrole nitrogens is 1. The minimum absolute atomic E-state index is 0.0745. The molecule has 37 heavy (non-hydrogen) atoms. The number of fused-ring (bicyclic) bond motifs is 1. The summed E-state index contributed by atoms with van der Waals surface area (Å²) >= 11 is 0. The molecular weight excluding hydrogens is 460 g/mol. The third kappa shape index (κ3) is 7.05. The zero-order chi connectivity index (χ0) is 26.9. The maximum Gasteiger partial charge on any atom is 0.255 e. The minimum Gasteiger partial charge on any atom is -0.336 e. The van der Waals surface area contributed by atoms with Crippen LogP contribution in [0.4, 0.5) is 0 Å². The van der Waals surface area contributed by atoms with E-state index >= 15 is 0 Å². The summed E-state index contributed by atoms with van der Waals surface area (Å²) in [4.78, 5) is 24.4. The molecule has 4 rings (SSSR count). The van der Waals surface area contributed by atoms with Gasteiger partial charge in [-0.15, -0.1) is 0 Å². The van der Waals surface area contributed by atoms with Crippen LogP contribution in [0.5, 0.6) is 0 Å². The Balaban J connectivity index is 0.00000186. The fourth-order valence-corrected chi connectivity index (χ4v) is 4.81. The van der Waals surface area contributed by atoms with E-state index in [-0.39, 0.29) is 5.91 Å². The molecule has 0 saturated carbocycles. The monoisotopic (exact) mass is 504 g/mol. The van der Waals surface area contributed by atoms with Crippen molar-refractivity contribution in [2.75, 3.05) is 53.4 Å². The van der Waals surface area contributed by atoms with Crippen LogP contribution in [0.15, 0.2) is 36.7 Å². The molecule has 1 amide bonds. The predicted octanol–water partition coefficient (Wildman–Crippen LogP) is 4.86. The number of aromatic nitrogens is 3. The molecule has 0 radical (unpaired) electrons. The summed E-state index contributed by atoms with van der Waals surface area (Å²) in [5.41, 5.74) is 7.29. The number of aromatic amines is 1. The van der Waals surface area contributed by atoms with Gasteiger partial charge in [0, 0.05) is 62.9 Å². The number of likely N-dealkylation sites (N-methyl/N-ethyl adjacent to an activating group) is 1. The van der Waals surface area contributed by atoms with E-state index in [1.165, 1.54) is 5.57 Å². The van der Waals surface area contributed by atoms with Crippen molar-refractivity contribution in [3.05, 3.63) is 64.8 Å². The first-order valence-electron chi connectivity index (χ1n) is 13.6. The molecule has 1 aliphatic heterocycles. The van der Waals surface area contributed by atoms with Crippen LogP contribution in [-0.2, 0) is 6.42 Å². The largest absolute Gasteiger partial charge is 0.336 e. The molecule has 0 spiro atoms. The van der Waals surface area contributed by atoms with Gasteiger partial charge in [-0.25, -0.2) is 0 Å². The molecule has 1 N–H and O–H groups in total. The summed E-state index contributed by atoms with van der Waals surface area (Å²) in [5.74, 6) is 0.383. The van der Waals surface area contributed by atoms with Gasteiger partial charge in [-0.1, -0.05) is 39.0 Å². The summed E-state index contributed by atoms with van der Waals surface area (Å²) in [6.45, 7) is 15.8. The van der Waals surface area contributed by atoms with Crippen LogP contribution in [-0.4, -0.2) is 89.2 Å². The van der Waals surface area contributed by atoms with Gasteiger partial charge in [0.1, 0.15) is 0 Å². The van der Waals surface area contributed by atoms with Crippen LogP contribution in [0.3, 0.4) is 0 Å². The number of allylic oxidation sites excluding steroid dienone is 5. The molecule has 2 aromatic rings. The number of hydrogen-bond donors (Lipinski definition) is 1. The van der Waals surface area contributed by atoms with Crippen LogP contribution in [0.1, 0.15) is 67.5 Å². The van der Waals surface area contributed by atoms with Gasteiger partial charge in [0.05, 0.1) is 11.3 Å². The summed E-state index contributed by atoms with van der Waals surface area (Å²) in [6.07, 6.45) is 12.8. The van der Waals surface area contributed by atoms with Crippen molar-refractivity contribution in [2.24, 2.45) is 5.92 Å². The summed E-state index contributed by atoms with van der Waals surface area (Å²) in [7, 11) is 4.19. The zero-order valence-corrected chi connectivity index (χ0v) is 23.7. The molecule has 0 aromatic carbocycles. The average molecular weight is 505 g/mol. The van der Waals surface area contributed by atoms with Gasteiger partial charge in [-0.05, 0) is 69.1 Å². The predicted molar refractivity (Wildman–Crippen MR) is 154 cm³/mol. The second-order valence-electron chi connectivity index (χ2n) is 9.94. The first-order chi connectivity index (χ1) is 17.9. The minimum atomic E-state index is 0.0745. The fraction of sp³-hybridized carbons (Fsp3) is 0.500. The second-order valence-corrected chi connectivity index (χ2v) is 9.94. The van der Waals surface area contributed by atoms with E-state index in [2.05, 4.69) is 65.1 Å². The lowest BCUT2D eigenvalue weighted by Crippen LogP contribution is -2.50. The lowest BCUT2D eigenvalue weighted by Gasteiger charge is -2.35. The first kappa shape index (κ1) is 28.5. The molecule has 2 aromatic heterocycles. The highest BCUT2D eigenvalue weighted by molar-refractivity contribution is 5.96. The number of nitrogens with zero attached hydrogens (tertiary/aromatic N) is 5. The SMILES string of the molecule is C/C=C\C=C(/C)c1n[nH]c2c1C=C(c1cncc(C(=O)N3CCN(CCN(C)C)CC3)c1)C(C)C2.CC. The molecule has 1 unspecified atom stereocenters. The molecular formula is C30H44N6O. The van der Waals surface area contributed by atoms with Gasteiger partial charge in [0.15, 0.2) is 0 Å². The number of hydrogen-bond acceptors (Lipinski definition) is 5. The van der Waals surface area contributed by atoms with Crippen LogP contribution in [0, 0.1) is 5.92 Å². The quantitative estimate of drug-likeness (QED) is 0.545. The lowest BCUT2D eigenvalue weighted by atomic mass is 9.83. The van der Waals surface area contributed by atoms with E-state index in [0.717, 1.165) is 73.8 Å². The standard InChI is InChI=1S/C28H38N6O.C2H6/c1-6-7-8-20(2)27-25-17-24(21(3)15-26(25)30-31-27)22-16-23(19-29-18-22)28(35)34-13-11-33(12-14-34)10-9-32(4)5;1-2/h6-8,16-19,21H,9-15H2,1-5H3,(H,30,31);1-2H3/b7-6-,20-8+;. The molecule has 200 valence electrons. The van der Waals surface area contributed by atoms with Crippen LogP contribution in [0.2, 0.25) is 0 Å². The highest BCUT2D eigenvalue weighted by Crippen LogP contribution is 2.36. The third-order valence-electron chi connectivity index (χ3n) is 6.98. The van der Waals surface area contributed by atoms with Crippen LogP contribution in [0.25, 0.3) is 17.2 Å². The number of piperazine rings is 1. The molecule has 0 bridgehead atoms. The molecule has 1 aliphatic carbocycles. The topological polar surface area (TPSA) is 68.4 Å². The Morgan fingerprint density at radius 2 is 1.92 bits per heavy atom. The van der Waals surface area contributed by atoms with Crippen LogP contribution < -0.4 is 0 Å². The van der Waals surface area contributed by atoms with Crippen molar-refractivity contribution in [3.8, 4) is 0 Å². The number of carbonyl (C=O) groups excluding carboxylic acids is 1. The molecule has 7 nitrogen and oxygen atoms in total. The number of nitrogens with one attached hydrogen (secondary N) is 1. The van der Waals surface area contributed by atoms with Crippen molar-refractivity contribution in [1.82, 2.24) is 29.9 Å². The Kier molecular flexibility index (Phi) is 10.4. The Morgan fingerprint density at radius 3 is 2.59 bits per heavy atom. The van der Waals surface area contributed by atoms with Crippen molar-refractivity contribution >= 4 is 23.1 Å². The summed E-state index contributed by atoms with van der Waals surface area (Å²) in [6, 6.07) is 2.02. The van der Waals surface area contributed by atoms with Crippen LogP contribution >= 0.6 is 0 Å². The van der Waals surface area contributed by atoms with Gasteiger partial charge in [0.25, 0.3) is 5.91 Å². The van der Waals surface area contributed by atoms with E-state index < -0.39 is 0 Å². The van der Waals surface area contributed by atoms with E-state index in [1.54, 1.807) is 6.20 Å². The highest BCUT2D eigenvalue weighted by atomic mass is 16.2. The molecule has 1 atom stereocenters. The van der Waals surface area contributed by atoms with Gasteiger partial charge >= 0.3 is 0 Å². The molecule has 1 saturated heterocycles. The van der Waals surface area contributed by atoms with Crippen molar-refractivity contribution < 1.29 is 4.79 Å². The fourth-order valence-electron chi connectivity index (χ4n) is 4.81. The number of rotatable bonds is 7. The van der Waals surface area contributed by atoms with Gasteiger partial charge < -0.3 is 9.80 Å². The van der Waals surface area contributed by atoms with Crippen molar-refractivity contribution in [3.63, 3.8) is 0 Å². The van der Waals surface area contributed by atoms with Gasteiger partial charge in [-0.3, -0.25) is 19.8 Å². The van der Waals surface area contributed by atoms with Gasteiger partial charge in [-0.2, -0.15) is 5.10 Å². The van der Waals surface area contributed by atoms with E-state index in [9.17, 15) is 4.79 Å². The number of amides is 1. The molecule has 2 aliphatic rings. The normalized spacial score (nSPS) is 18.5. The molecule has 7 heteroatoms. The Morgan fingerprint density at radius 1 is 1.19 bits per heavy atom. The summed E-state index contributed by atoms with van der Waals surface area (Å²) in [5, 5.41) is 7.83. The Labute approximate surface area is 223 Å². The summed E-state index contributed by atoms with van der Waals surface area (Å²) < 4.78 is 0. The second kappa shape index (κ2) is 13.5. The van der Waals surface area contributed by atoms with E-state index in [4.69, 9.17) is 0 Å². The van der Waals surface area contributed by atoms with E-state index in [1.807, 2.05) is 50.1 Å². The van der Waals surface area contributed by atoms with Crippen molar-refractivity contribution in [1.29, 1.82) is 0 Å². The lowest BCUT2D eigenvalue weighted by molar-refractivity contribution is 0.0629. The maximum atomic E-state index is 13.3. The average Bonchev–Trinajstić information content (AvgIpc) is 3.33. The molecule has 3 heterocycles. The number of carbonyl (C=O) groups is 1. The maximum absolute atomic E-state index is 13.3. The van der Waals surface area contributed by atoms with E-state index in [0.29, 0.717) is 11.5 Å². The Hall–Kier alpha value is -3.03. The van der Waals surface area contributed by atoms with Gasteiger partial charge in [0.2, 0.25) is 0 Å². The molecule has 1 fully saturated rings. The Bertz CT molecular complexity index is 1130. The third-order valence-corrected chi connectivity index (χ3v) is 6.98. The number of pyridine rings is 1. The van der Waals surface area contributed by atoms with Crippen molar-refractivity contribution in [2.45, 2.75) is 41.0 Å². The first-order valence-corrected chi connectivity index (χ1v) is 13.6. The highest BCUT2D eigenvalue weighted by Gasteiger charge is 2.26. The zero-order valence-electron chi connectivity index (χ0n) is 23.7.